The first kappa shape index (κ1) is 14.2. The molecule has 0 radical (unpaired) electrons. The van der Waals surface area contributed by atoms with Crippen molar-refractivity contribution in [3.05, 3.63) is 11.9 Å². The van der Waals surface area contributed by atoms with Crippen LogP contribution in [0, 0.1) is 12.8 Å². The molecule has 0 amide bonds. The Labute approximate surface area is 107 Å². The fraction of sp³-hybridized carbons (Fsp3) is 0.583. The topological polar surface area (TPSA) is 76.1 Å². The van der Waals surface area contributed by atoms with Gasteiger partial charge in [0.1, 0.15) is 23.5 Å². The highest BCUT2D eigenvalue weighted by atomic mass is 16.5. The van der Waals surface area contributed by atoms with E-state index in [4.69, 9.17) is 4.74 Å². The summed E-state index contributed by atoms with van der Waals surface area (Å²) in [6.45, 7) is 5.69. The second kappa shape index (κ2) is 6.18. The average molecular weight is 252 g/mol. The van der Waals surface area contributed by atoms with Crippen LogP contribution in [0.25, 0.3) is 0 Å². The summed E-state index contributed by atoms with van der Waals surface area (Å²) in [6, 6.07) is 1.33. The molecule has 0 fully saturated rings. The minimum absolute atomic E-state index is 0.103. The molecule has 6 nitrogen and oxygen atoms in total. The first-order valence-corrected chi connectivity index (χ1v) is 5.85. The van der Waals surface area contributed by atoms with Crippen LogP contribution >= 0.6 is 0 Å². The highest BCUT2D eigenvalue weighted by Crippen LogP contribution is 2.15. The van der Waals surface area contributed by atoms with Crippen LogP contribution in [0.15, 0.2) is 6.07 Å². The van der Waals surface area contributed by atoms with E-state index in [1.54, 1.807) is 20.0 Å². The molecule has 1 heterocycles. The lowest BCUT2D eigenvalue weighted by Gasteiger charge is -2.20. The van der Waals surface area contributed by atoms with Gasteiger partial charge in [-0.2, -0.15) is 0 Å². The van der Waals surface area contributed by atoms with Crippen LogP contribution in [0.3, 0.4) is 0 Å². The summed E-state index contributed by atoms with van der Waals surface area (Å²) in [4.78, 5) is 20.1. The third-order valence-corrected chi connectivity index (χ3v) is 2.52. The van der Waals surface area contributed by atoms with Gasteiger partial charge in [-0.25, -0.2) is 14.8 Å². The minimum Gasteiger partial charge on any atom is -0.467 e. The molecule has 1 aromatic heterocycles. The lowest BCUT2D eigenvalue weighted by molar-refractivity contribution is -0.142. The molecule has 0 aliphatic rings. The zero-order valence-electron chi connectivity index (χ0n) is 11.4. The SMILES string of the molecule is CNc1cc(NC(C(=O)OC)C(C)C)nc(C)n1. The van der Waals surface area contributed by atoms with Crippen molar-refractivity contribution in [1.29, 1.82) is 0 Å². The van der Waals surface area contributed by atoms with Gasteiger partial charge in [-0.05, 0) is 12.8 Å². The molecule has 1 atom stereocenters. The van der Waals surface area contributed by atoms with Crippen molar-refractivity contribution in [2.45, 2.75) is 26.8 Å². The summed E-state index contributed by atoms with van der Waals surface area (Å²) in [7, 11) is 3.16. The Morgan fingerprint density at radius 2 is 1.94 bits per heavy atom. The van der Waals surface area contributed by atoms with Crippen LogP contribution in [0.4, 0.5) is 11.6 Å². The Bertz CT molecular complexity index is 421. The maximum atomic E-state index is 11.7. The van der Waals surface area contributed by atoms with Gasteiger partial charge in [-0.3, -0.25) is 0 Å². The molecule has 1 aromatic rings. The number of carbonyl (C=O) groups excluding carboxylic acids is 1. The van der Waals surface area contributed by atoms with Crippen LogP contribution < -0.4 is 10.6 Å². The number of anilines is 2. The number of rotatable bonds is 5. The van der Waals surface area contributed by atoms with Crippen LogP contribution in [-0.4, -0.2) is 36.1 Å². The van der Waals surface area contributed by atoms with Gasteiger partial charge < -0.3 is 15.4 Å². The van der Waals surface area contributed by atoms with Crippen molar-refractivity contribution in [1.82, 2.24) is 9.97 Å². The molecule has 0 aliphatic carbocycles. The maximum Gasteiger partial charge on any atom is 0.328 e. The van der Waals surface area contributed by atoms with Crippen LogP contribution in [0.5, 0.6) is 0 Å². The second-order valence-corrected chi connectivity index (χ2v) is 4.32. The molecule has 0 bridgehead atoms. The predicted molar refractivity (Wildman–Crippen MR) is 70.6 cm³/mol. The summed E-state index contributed by atoms with van der Waals surface area (Å²) in [5.74, 6) is 1.75. The largest absolute Gasteiger partial charge is 0.467 e. The van der Waals surface area contributed by atoms with Gasteiger partial charge >= 0.3 is 5.97 Å². The van der Waals surface area contributed by atoms with Gasteiger partial charge in [0.25, 0.3) is 0 Å². The van der Waals surface area contributed by atoms with E-state index >= 15 is 0 Å². The van der Waals surface area contributed by atoms with Gasteiger partial charge in [0.15, 0.2) is 0 Å². The van der Waals surface area contributed by atoms with E-state index in [0.29, 0.717) is 17.5 Å². The number of methoxy groups -OCH3 is 1. The molecule has 0 saturated heterocycles. The second-order valence-electron chi connectivity index (χ2n) is 4.32. The molecular weight excluding hydrogens is 232 g/mol. The maximum absolute atomic E-state index is 11.7. The van der Waals surface area contributed by atoms with E-state index in [9.17, 15) is 4.79 Å². The van der Waals surface area contributed by atoms with E-state index in [1.165, 1.54) is 7.11 Å². The molecule has 0 aliphatic heterocycles. The zero-order valence-corrected chi connectivity index (χ0v) is 11.4. The molecule has 18 heavy (non-hydrogen) atoms. The molecule has 100 valence electrons. The normalized spacial score (nSPS) is 12.1. The lowest BCUT2D eigenvalue weighted by Crippen LogP contribution is -2.35. The number of hydrogen-bond donors (Lipinski definition) is 2. The molecular formula is C12H20N4O2. The van der Waals surface area contributed by atoms with Crippen molar-refractivity contribution in [3.63, 3.8) is 0 Å². The molecule has 2 N–H and O–H groups in total. The summed E-state index contributed by atoms with van der Waals surface area (Å²) in [5, 5.41) is 6.03. The van der Waals surface area contributed by atoms with Crippen molar-refractivity contribution >= 4 is 17.6 Å². The minimum atomic E-state index is -0.422. The third-order valence-electron chi connectivity index (χ3n) is 2.52. The Morgan fingerprint density at radius 1 is 1.33 bits per heavy atom. The smallest absolute Gasteiger partial charge is 0.328 e. The highest BCUT2D eigenvalue weighted by Gasteiger charge is 2.23. The lowest BCUT2D eigenvalue weighted by atomic mass is 10.0. The zero-order chi connectivity index (χ0) is 13.7. The fourth-order valence-corrected chi connectivity index (χ4v) is 1.55. The number of esters is 1. The Morgan fingerprint density at radius 3 is 2.44 bits per heavy atom. The average Bonchev–Trinajstić information content (AvgIpc) is 2.34. The van der Waals surface area contributed by atoms with Gasteiger partial charge in [0.05, 0.1) is 7.11 Å². The van der Waals surface area contributed by atoms with Crippen molar-refractivity contribution in [2.24, 2.45) is 5.92 Å². The van der Waals surface area contributed by atoms with Gasteiger partial charge in [-0.1, -0.05) is 13.8 Å². The van der Waals surface area contributed by atoms with Crippen LogP contribution in [-0.2, 0) is 9.53 Å². The highest BCUT2D eigenvalue weighted by molar-refractivity contribution is 5.79. The molecule has 1 unspecified atom stereocenters. The summed E-state index contributed by atoms with van der Waals surface area (Å²) < 4.78 is 4.77. The van der Waals surface area contributed by atoms with Gasteiger partial charge in [0, 0.05) is 13.1 Å². The first-order valence-electron chi connectivity index (χ1n) is 5.85. The Balaban J connectivity index is 2.93. The number of nitrogens with one attached hydrogen (secondary N) is 2. The molecule has 0 saturated carbocycles. The summed E-state index contributed by atoms with van der Waals surface area (Å²) in [5.41, 5.74) is 0. The molecule has 1 rings (SSSR count). The molecule has 6 heteroatoms. The first-order chi connectivity index (χ1) is 8.47. The number of ether oxygens (including phenoxy) is 1. The number of hydrogen-bond acceptors (Lipinski definition) is 6. The van der Waals surface area contributed by atoms with Crippen molar-refractivity contribution in [3.8, 4) is 0 Å². The number of aryl methyl sites for hydroxylation is 1. The van der Waals surface area contributed by atoms with E-state index in [2.05, 4.69) is 20.6 Å². The number of aromatic nitrogens is 2. The monoisotopic (exact) mass is 252 g/mol. The van der Waals surface area contributed by atoms with Crippen LogP contribution in [0.1, 0.15) is 19.7 Å². The quantitative estimate of drug-likeness (QED) is 0.772. The van der Waals surface area contributed by atoms with Crippen LogP contribution in [0.2, 0.25) is 0 Å². The summed E-state index contributed by atoms with van der Waals surface area (Å²) in [6.07, 6.45) is 0. The fourth-order valence-electron chi connectivity index (χ4n) is 1.55. The van der Waals surface area contributed by atoms with Gasteiger partial charge in [0.2, 0.25) is 0 Å². The third kappa shape index (κ3) is 3.58. The van der Waals surface area contributed by atoms with Crippen molar-refractivity contribution < 1.29 is 9.53 Å². The van der Waals surface area contributed by atoms with Gasteiger partial charge in [-0.15, -0.1) is 0 Å². The Hall–Kier alpha value is -1.85. The van der Waals surface area contributed by atoms with E-state index in [-0.39, 0.29) is 11.9 Å². The van der Waals surface area contributed by atoms with E-state index < -0.39 is 6.04 Å². The predicted octanol–water partition coefficient (Wildman–Crippen LogP) is 1.44. The summed E-state index contributed by atoms with van der Waals surface area (Å²) >= 11 is 0. The Kier molecular flexibility index (Phi) is 4.88. The molecule has 0 aromatic carbocycles. The van der Waals surface area contributed by atoms with E-state index in [0.717, 1.165) is 0 Å². The standard InChI is InChI=1S/C12H20N4O2/c1-7(2)11(12(17)18-5)16-10-6-9(13-4)14-8(3)15-10/h6-7,11H,1-5H3,(H2,13,14,15,16). The number of nitrogens with zero attached hydrogens (tertiary/aromatic N) is 2. The van der Waals surface area contributed by atoms with Crippen molar-refractivity contribution in [2.75, 3.05) is 24.8 Å². The number of carbonyl (C=O) groups is 1. The van der Waals surface area contributed by atoms with E-state index in [1.807, 2.05) is 13.8 Å². The molecule has 0 spiro atoms.